The van der Waals surface area contributed by atoms with Crippen LogP contribution in [0.4, 0.5) is 8.78 Å². The zero-order valence-electron chi connectivity index (χ0n) is 9.00. The number of rotatable bonds is 2. The van der Waals surface area contributed by atoms with E-state index < -0.39 is 12.0 Å². The van der Waals surface area contributed by atoms with E-state index in [2.05, 4.69) is 0 Å². The maximum atomic E-state index is 13.6. The minimum Gasteiger partial charge on any atom is -0.395 e. The molecule has 1 heterocycles. The third-order valence-electron chi connectivity index (χ3n) is 3.10. The normalized spacial score (nSPS) is 33.6. The van der Waals surface area contributed by atoms with E-state index in [1.54, 1.807) is 25.8 Å². The average molecular weight is 207 g/mol. The van der Waals surface area contributed by atoms with E-state index in [9.17, 15) is 8.78 Å². The van der Waals surface area contributed by atoms with Gasteiger partial charge in [-0.2, -0.15) is 0 Å². The van der Waals surface area contributed by atoms with Crippen molar-refractivity contribution in [2.24, 2.45) is 5.92 Å². The lowest BCUT2D eigenvalue weighted by molar-refractivity contribution is -0.143. The van der Waals surface area contributed by atoms with Crippen LogP contribution in [-0.2, 0) is 0 Å². The molecule has 0 amide bonds. The molecule has 0 spiro atoms. The van der Waals surface area contributed by atoms with Crippen molar-refractivity contribution >= 4 is 0 Å². The van der Waals surface area contributed by atoms with Crippen molar-refractivity contribution in [3.8, 4) is 0 Å². The second-order valence-electron chi connectivity index (χ2n) is 4.49. The van der Waals surface area contributed by atoms with E-state index in [0.717, 1.165) is 0 Å². The molecule has 2 atom stereocenters. The van der Waals surface area contributed by atoms with E-state index >= 15 is 0 Å². The van der Waals surface area contributed by atoms with Crippen LogP contribution in [0.3, 0.4) is 0 Å². The van der Waals surface area contributed by atoms with Crippen molar-refractivity contribution in [3.63, 3.8) is 0 Å². The molecule has 1 N–H and O–H groups in total. The Morgan fingerprint density at radius 1 is 1.50 bits per heavy atom. The van der Waals surface area contributed by atoms with E-state index in [-0.39, 0.29) is 25.0 Å². The van der Waals surface area contributed by atoms with Gasteiger partial charge in [0.1, 0.15) is 0 Å². The summed E-state index contributed by atoms with van der Waals surface area (Å²) in [6.07, 6.45) is 0.272. The van der Waals surface area contributed by atoms with Crippen LogP contribution in [0.5, 0.6) is 0 Å². The summed E-state index contributed by atoms with van der Waals surface area (Å²) in [6, 6.07) is -0.851. The molecule has 1 aliphatic heterocycles. The molecule has 0 aromatic carbocycles. The third-order valence-corrected chi connectivity index (χ3v) is 3.10. The van der Waals surface area contributed by atoms with Crippen molar-refractivity contribution in [1.29, 1.82) is 0 Å². The lowest BCUT2D eigenvalue weighted by Gasteiger charge is -2.45. The number of hydrogen-bond acceptors (Lipinski definition) is 2. The predicted octanol–water partition coefficient (Wildman–Crippen LogP) is 1.73. The van der Waals surface area contributed by atoms with Gasteiger partial charge in [0, 0.05) is 12.5 Å². The van der Waals surface area contributed by atoms with Crippen LogP contribution in [0.1, 0.15) is 26.7 Å². The highest BCUT2D eigenvalue weighted by Gasteiger charge is 2.48. The highest BCUT2D eigenvalue weighted by molar-refractivity contribution is 4.94. The van der Waals surface area contributed by atoms with Gasteiger partial charge in [-0.05, 0) is 19.4 Å². The number of aliphatic hydroxyl groups is 1. The third kappa shape index (κ3) is 2.06. The van der Waals surface area contributed by atoms with Crippen molar-refractivity contribution in [3.05, 3.63) is 0 Å². The van der Waals surface area contributed by atoms with Gasteiger partial charge in [0.15, 0.2) is 0 Å². The number of hydrogen-bond donors (Lipinski definition) is 1. The van der Waals surface area contributed by atoms with E-state index in [0.29, 0.717) is 6.42 Å². The van der Waals surface area contributed by atoms with Crippen LogP contribution in [0.25, 0.3) is 0 Å². The predicted molar refractivity (Wildman–Crippen MR) is 51.4 cm³/mol. The van der Waals surface area contributed by atoms with Gasteiger partial charge >= 0.3 is 0 Å². The summed E-state index contributed by atoms with van der Waals surface area (Å²) in [4.78, 5) is 1.63. The summed E-state index contributed by atoms with van der Waals surface area (Å²) in [6.45, 7) is 3.57. The molecule has 1 rings (SSSR count). The van der Waals surface area contributed by atoms with Gasteiger partial charge in [-0.1, -0.05) is 13.8 Å². The Morgan fingerprint density at radius 3 is 2.50 bits per heavy atom. The molecule has 0 radical (unpaired) electrons. The first kappa shape index (κ1) is 11.9. The van der Waals surface area contributed by atoms with E-state index in [1.807, 2.05) is 0 Å². The van der Waals surface area contributed by atoms with Crippen LogP contribution >= 0.6 is 0 Å². The topological polar surface area (TPSA) is 23.5 Å². The molecule has 0 aliphatic carbocycles. The van der Waals surface area contributed by atoms with Crippen molar-refractivity contribution in [2.75, 3.05) is 13.7 Å². The summed E-state index contributed by atoms with van der Waals surface area (Å²) < 4.78 is 27.1. The molecule has 0 saturated carbocycles. The van der Waals surface area contributed by atoms with Crippen LogP contribution in [0.15, 0.2) is 0 Å². The molecule has 1 saturated heterocycles. The fourth-order valence-electron chi connectivity index (χ4n) is 2.41. The van der Waals surface area contributed by atoms with Gasteiger partial charge in [-0.15, -0.1) is 0 Å². The Bertz CT molecular complexity index is 197. The molecule has 1 aliphatic rings. The SMILES string of the molecule is CC(C)C1N(C)C(CO)CCC1(F)F. The second-order valence-corrected chi connectivity index (χ2v) is 4.49. The van der Waals surface area contributed by atoms with Crippen molar-refractivity contribution in [1.82, 2.24) is 4.90 Å². The quantitative estimate of drug-likeness (QED) is 0.745. The number of piperidine rings is 1. The first-order chi connectivity index (χ1) is 6.40. The number of nitrogens with zero attached hydrogens (tertiary/aromatic N) is 1. The molecule has 1 fully saturated rings. The zero-order valence-corrected chi connectivity index (χ0v) is 9.00. The van der Waals surface area contributed by atoms with E-state index in [1.165, 1.54) is 0 Å². The highest BCUT2D eigenvalue weighted by Crippen LogP contribution is 2.38. The summed E-state index contributed by atoms with van der Waals surface area (Å²) in [5.74, 6) is -2.71. The fraction of sp³-hybridized carbons (Fsp3) is 1.00. The summed E-state index contributed by atoms with van der Waals surface area (Å²) in [5, 5.41) is 9.04. The Hall–Kier alpha value is -0.220. The molecule has 14 heavy (non-hydrogen) atoms. The molecule has 4 heteroatoms. The lowest BCUT2D eigenvalue weighted by Crippen LogP contribution is -2.58. The minimum absolute atomic E-state index is 0.0319. The molecule has 0 aromatic rings. The number of likely N-dealkylation sites (N-methyl/N-ethyl adjacent to an activating group) is 1. The van der Waals surface area contributed by atoms with Crippen molar-refractivity contribution < 1.29 is 13.9 Å². The summed E-state index contributed by atoms with van der Waals surface area (Å²) in [5.41, 5.74) is 0. The molecule has 0 bridgehead atoms. The minimum atomic E-state index is -2.62. The largest absolute Gasteiger partial charge is 0.395 e. The maximum Gasteiger partial charge on any atom is 0.263 e. The first-order valence-electron chi connectivity index (χ1n) is 5.10. The fourth-order valence-corrected chi connectivity index (χ4v) is 2.41. The van der Waals surface area contributed by atoms with Crippen LogP contribution in [-0.4, -0.2) is 41.7 Å². The smallest absolute Gasteiger partial charge is 0.263 e. The summed E-state index contributed by atoms with van der Waals surface area (Å²) >= 11 is 0. The highest BCUT2D eigenvalue weighted by atomic mass is 19.3. The Kier molecular flexibility index (Phi) is 3.48. The van der Waals surface area contributed by atoms with Crippen LogP contribution in [0.2, 0.25) is 0 Å². The standard InChI is InChI=1S/C10H19F2NO/c1-7(2)9-10(11,12)5-4-8(6-14)13(9)3/h7-9,14H,4-6H2,1-3H3. The average Bonchev–Trinajstić information content (AvgIpc) is 2.02. The molecular weight excluding hydrogens is 188 g/mol. The molecule has 0 aromatic heterocycles. The molecule has 84 valence electrons. The van der Waals surface area contributed by atoms with Crippen LogP contribution < -0.4 is 0 Å². The number of alkyl halides is 2. The van der Waals surface area contributed by atoms with Gasteiger partial charge in [0.05, 0.1) is 12.6 Å². The van der Waals surface area contributed by atoms with Gasteiger partial charge < -0.3 is 5.11 Å². The monoisotopic (exact) mass is 207 g/mol. The lowest BCUT2D eigenvalue weighted by atomic mass is 9.86. The van der Waals surface area contributed by atoms with Gasteiger partial charge in [-0.25, -0.2) is 8.78 Å². The molecule has 2 nitrogen and oxygen atoms in total. The Morgan fingerprint density at radius 2 is 2.07 bits per heavy atom. The zero-order chi connectivity index (χ0) is 10.9. The van der Waals surface area contributed by atoms with E-state index in [4.69, 9.17) is 5.11 Å². The summed E-state index contributed by atoms with van der Waals surface area (Å²) in [7, 11) is 1.68. The second kappa shape index (κ2) is 4.11. The van der Waals surface area contributed by atoms with Gasteiger partial charge in [-0.3, -0.25) is 4.90 Å². The Labute approximate surface area is 83.9 Å². The Balaban J connectivity index is 2.81. The maximum absolute atomic E-state index is 13.6. The number of halogens is 2. The van der Waals surface area contributed by atoms with Gasteiger partial charge in [0.2, 0.25) is 0 Å². The molecular formula is C10H19F2NO. The number of aliphatic hydroxyl groups excluding tert-OH is 1. The molecule has 2 unspecified atom stereocenters. The first-order valence-corrected chi connectivity index (χ1v) is 5.10. The van der Waals surface area contributed by atoms with Crippen molar-refractivity contribution in [2.45, 2.75) is 44.7 Å². The van der Waals surface area contributed by atoms with Gasteiger partial charge in [0.25, 0.3) is 5.92 Å². The number of likely N-dealkylation sites (tertiary alicyclic amines) is 1. The van der Waals surface area contributed by atoms with Crippen LogP contribution in [0, 0.1) is 5.92 Å².